The summed E-state index contributed by atoms with van der Waals surface area (Å²) in [5.74, 6) is 2.07. The van der Waals surface area contributed by atoms with Gasteiger partial charge in [0.15, 0.2) is 0 Å². The summed E-state index contributed by atoms with van der Waals surface area (Å²) in [6, 6.07) is 14.5. The highest BCUT2D eigenvalue weighted by atomic mass is 14.7. The van der Waals surface area contributed by atoms with Crippen LogP contribution >= 0.6 is 0 Å². The number of para-hydroxylation sites is 1. The Bertz CT molecular complexity index is 726. The quantitative estimate of drug-likeness (QED) is 0.471. The van der Waals surface area contributed by atoms with E-state index in [2.05, 4.69) is 36.7 Å². The Morgan fingerprint density at radius 2 is 1.86 bits per heavy atom. The van der Waals surface area contributed by atoms with Gasteiger partial charge >= 0.3 is 0 Å². The minimum atomic E-state index is 0.477. The largest absolute Gasteiger partial charge is 0.264 e. The van der Waals surface area contributed by atoms with Gasteiger partial charge < -0.3 is 0 Å². The number of nitrogens with zero attached hydrogens (tertiary/aromatic N) is 2. The number of aryl methyl sites for hydroxylation is 1. The van der Waals surface area contributed by atoms with E-state index < -0.39 is 0 Å². The summed E-state index contributed by atoms with van der Waals surface area (Å²) >= 11 is 0. The number of aromatic nitrogens is 1. The second-order valence-corrected chi connectivity index (χ2v) is 8.25. The van der Waals surface area contributed by atoms with E-state index in [0.29, 0.717) is 5.92 Å². The maximum Gasteiger partial charge on any atom is 0.0633 e. The summed E-state index contributed by atoms with van der Waals surface area (Å²) < 4.78 is 0. The first-order valence-electron chi connectivity index (χ1n) is 10.9. The van der Waals surface area contributed by atoms with Crippen molar-refractivity contribution in [2.75, 3.05) is 0 Å². The van der Waals surface area contributed by atoms with Gasteiger partial charge in [-0.25, -0.2) is 0 Å². The summed E-state index contributed by atoms with van der Waals surface area (Å²) in [5.41, 5.74) is 3.55. The van der Waals surface area contributed by atoms with Crippen LogP contribution in [-0.4, -0.2) is 10.7 Å². The van der Waals surface area contributed by atoms with Crippen LogP contribution in [0.5, 0.6) is 0 Å². The molecule has 1 aromatic carbocycles. The highest BCUT2D eigenvalue weighted by molar-refractivity contribution is 5.98. The van der Waals surface area contributed by atoms with Crippen molar-refractivity contribution in [1.82, 2.24) is 4.98 Å². The van der Waals surface area contributed by atoms with Crippen LogP contribution in [-0.2, 0) is 6.42 Å². The highest BCUT2D eigenvalue weighted by Crippen LogP contribution is 2.33. The first-order chi connectivity index (χ1) is 13.8. The molecule has 0 saturated heterocycles. The van der Waals surface area contributed by atoms with E-state index in [9.17, 15) is 0 Å². The number of allylic oxidation sites excluding steroid dienone is 1. The van der Waals surface area contributed by atoms with Crippen molar-refractivity contribution in [3.05, 3.63) is 73.1 Å². The molecule has 148 valence electrons. The van der Waals surface area contributed by atoms with Gasteiger partial charge in [-0.3, -0.25) is 9.98 Å². The Balaban J connectivity index is 1.52. The fourth-order valence-electron chi connectivity index (χ4n) is 4.56. The molecule has 0 amide bonds. The van der Waals surface area contributed by atoms with Crippen molar-refractivity contribution in [3.8, 4) is 0 Å². The molecule has 0 N–H and O–H groups in total. The molecule has 1 saturated carbocycles. The van der Waals surface area contributed by atoms with Gasteiger partial charge in [0.25, 0.3) is 0 Å². The zero-order chi connectivity index (χ0) is 19.6. The van der Waals surface area contributed by atoms with E-state index in [1.165, 1.54) is 56.9 Å². The van der Waals surface area contributed by atoms with Gasteiger partial charge in [0.2, 0.25) is 0 Å². The van der Waals surface area contributed by atoms with Gasteiger partial charge in [0, 0.05) is 24.0 Å². The first kappa shape index (κ1) is 20.5. The van der Waals surface area contributed by atoms with Crippen LogP contribution in [0.2, 0.25) is 0 Å². The summed E-state index contributed by atoms with van der Waals surface area (Å²) in [6.45, 7) is 6.39. The second-order valence-electron chi connectivity index (χ2n) is 8.25. The van der Waals surface area contributed by atoms with Crippen molar-refractivity contribution < 1.29 is 0 Å². The molecule has 1 heterocycles. The smallest absolute Gasteiger partial charge is 0.0633 e. The molecule has 0 bridgehead atoms. The average molecular weight is 375 g/mol. The molecule has 0 aliphatic heterocycles. The molecule has 2 nitrogen and oxygen atoms in total. The predicted octanol–water partition coefficient (Wildman–Crippen LogP) is 7.20. The number of aliphatic imine (C=N–C) groups is 1. The summed E-state index contributed by atoms with van der Waals surface area (Å²) in [5, 5.41) is 0. The van der Waals surface area contributed by atoms with E-state index >= 15 is 0 Å². The van der Waals surface area contributed by atoms with E-state index in [1.807, 2.05) is 42.7 Å². The van der Waals surface area contributed by atoms with Gasteiger partial charge in [0.1, 0.15) is 0 Å². The molecule has 2 heteroatoms. The zero-order valence-electron chi connectivity index (χ0n) is 17.3. The van der Waals surface area contributed by atoms with Crippen molar-refractivity contribution in [1.29, 1.82) is 0 Å². The van der Waals surface area contributed by atoms with Crippen LogP contribution in [0.25, 0.3) is 0 Å². The lowest BCUT2D eigenvalue weighted by atomic mass is 9.77. The predicted molar refractivity (Wildman–Crippen MR) is 120 cm³/mol. The Morgan fingerprint density at radius 1 is 1.11 bits per heavy atom. The first-order valence-corrected chi connectivity index (χ1v) is 10.9. The molecule has 1 fully saturated rings. The van der Waals surface area contributed by atoms with Crippen LogP contribution in [0.3, 0.4) is 0 Å². The third-order valence-electron chi connectivity index (χ3n) is 6.34. The summed E-state index contributed by atoms with van der Waals surface area (Å²) in [6.07, 6.45) is 16.3. The molecule has 1 unspecified atom stereocenters. The fraction of sp³-hybridized carbons (Fsp3) is 0.462. The van der Waals surface area contributed by atoms with Crippen molar-refractivity contribution in [3.63, 3.8) is 0 Å². The SMILES string of the molecule is C=CC(=Nc1ccccc1)C(C)C1CCCC(CCc2cccnc2)CCC1. The van der Waals surface area contributed by atoms with Crippen LogP contribution < -0.4 is 0 Å². The molecule has 1 aliphatic rings. The fourth-order valence-corrected chi connectivity index (χ4v) is 4.56. The molecule has 1 aliphatic carbocycles. The molecule has 2 aromatic rings. The van der Waals surface area contributed by atoms with Crippen molar-refractivity contribution in [2.24, 2.45) is 22.7 Å². The lowest BCUT2D eigenvalue weighted by Crippen LogP contribution is -2.22. The van der Waals surface area contributed by atoms with Crippen LogP contribution in [0.4, 0.5) is 5.69 Å². The second kappa shape index (κ2) is 10.9. The van der Waals surface area contributed by atoms with Crippen molar-refractivity contribution in [2.45, 2.75) is 58.3 Å². The zero-order valence-corrected chi connectivity index (χ0v) is 17.3. The van der Waals surface area contributed by atoms with E-state index in [0.717, 1.165) is 23.2 Å². The van der Waals surface area contributed by atoms with Gasteiger partial charge in [-0.1, -0.05) is 63.5 Å². The summed E-state index contributed by atoms with van der Waals surface area (Å²) in [4.78, 5) is 9.12. The Morgan fingerprint density at radius 3 is 2.50 bits per heavy atom. The monoisotopic (exact) mass is 374 g/mol. The highest BCUT2D eigenvalue weighted by Gasteiger charge is 2.23. The maximum absolute atomic E-state index is 4.88. The Kier molecular flexibility index (Phi) is 8.02. The van der Waals surface area contributed by atoms with Crippen LogP contribution in [0, 0.1) is 17.8 Å². The van der Waals surface area contributed by atoms with Crippen LogP contribution in [0.1, 0.15) is 57.4 Å². The third kappa shape index (κ3) is 6.15. The minimum Gasteiger partial charge on any atom is -0.264 e. The Labute approximate surface area is 170 Å². The molecule has 1 atom stereocenters. The van der Waals surface area contributed by atoms with Crippen molar-refractivity contribution >= 4 is 11.4 Å². The van der Waals surface area contributed by atoms with E-state index in [4.69, 9.17) is 4.99 Å². The standard InChI is InChI=1S/C26H34N2/c1-3-26(28-25-15-5-4-6-16-25)21(2)24-13-7-10-22(11-8-14-24)17-18-23-12-9-19-27-20-23/h3-6,9,12,15-16,19-22,24H,1,7-8,10-11,13-14,17-18H2,2H3. The number of hydrogen-bond donors (Lipinski definition) is 0. The minimum absolute atomic E-state index is 0.477. The lowest BCUT2D eigenvalue weighted by Gasteiger charge is -2.29. The normalized spacial score (nSPS) is 22.1. The van der Waals surface area contributed by atoms with Gasteiger partial charge in [0.05, 0.1) is 5.69 Å². The van der Waals surface area contributed by atoms with Crippen LogP contribution in [0.15, 0.2) is 72.5 Å². The van der Waals surface area contributed by atoms with Gasteiger partial charge in [-0.2, -0.15) is 0 Å². The molecular weight excluding hydrogens is 340 g/mol. The number of pyridine rings is 1. The molecule has 3 rings (SSSR count). The molecule has 0 radical (unpaired) electrons. The molecule has 1 aromatic heterocycles. The maximum atomic E-state index is 4.88. The van der Waals surface area contributed by atoms with E-state index in [1.54, 1.807) is 0 Å². The van der Waals surface area contributed by atoms with Gasteiger partial charge in [-0.15, -0.1) is 0 Å². The molecule has 0 spiro atoms. The number of benzene rings is 1. The molecular formula is C26H34N2. The lowest BCUT2D eigenvalue weighted by molar-refractivity contribution is 0.281. The Hall–Kier alpha value is -2.22. The number of hydrogen-bond acceptors (Lipinski definition) is 2. The summed E-state index contributed by atoms with van der Waals surface area (Å²) in [7, 11) is 0. The topological polar surface area (TPSA) is 25.2 Å². The number of rotatable bonds is 7. The van der Waals surface area contributed by atoms with Gasteiger partial charge in [-0.05, 0) is 67.4 Å². The van der Waals surface area contributed by atoms with E-state index in [-0.39, 0.29) is 0 Å². The average Bonchev–Trinajstić information content (AvgIpc) is 2.72. The third-order valence-corrected chi connectivity index (χ3v) is 6.34. The molecule has 28 heavy (non-hydrogen) atoms.